The Labute approximate surface area is 218 Å². The van der Waals surface area contributed by atoms with E-state index in [1.54, 1.807) is 19.9 Å². The highest BCUT2D eigenvalue weighted by molar-refractivity contribution is 6.05. The summed E-state index contributed by atoms with van der Waals surface area (Å²) in [6.07, 6.45) is -0.502. The molecule has 2 aromatic carbocycles. The predicted molar refractivity (Wildman–Crippen MR) is 146 cm³/mol. The first-order chi connectivity index (χ1) is 17.8. The molecule has 1 aliphatic rings. The average Bonchev–Trinajstić information content (AvgIpc) is 2.88. The van der Waals surface area contributed by atoms with Crippen LogP contribution in [0.3, 0.4) is 0 Å². The van der Waals surface area contributed by atoms with Gasteiger partial charge in [0.05, 0.1) is 31.0 Å². The van der Waals surface area contributed by atoms with Gasteiger partial charge in [0.25, 0.3) is 0 Å². The van der Waals surface area contributed by atoms with Crippen LogP contribution in [-0.4, -0.2) is 55.4 Å². The van der Waals surface area contributed by atoms with Crippen LogP contribution in [0.4, 0.5) is 17.2 Å². The molecule has 8 heteroatoms. The van der Waals surface area contributed by atoms with Gasteiger partial charge in [-0.1, -0.05) is 30.3 Å². The van der Waals surface area contributed by atoms with Crippen molar-refractivity contribution in [1.82, 2.24) is 4.98 Å². The Balaban J connectivity index is 1.84. The van der Waals surface area contributed by atoms with E-state index in [0.717, 1.165) is 30.0 Å². The van der Waals surface area contributed by atoms with Crippen molar-refractivity contribution < 1.29 is 19.0 Å². The van der Waals surface area contributed by atoms with Gasteiger partial charge < -0.3 is 24.4 Å². The van der Waals surface area contributed by atoms with Crippen LogP contribution < -0.4 is 10.2 Å². The fourth-order valence-electron chi connectivity index (χ4n) is 4.10. The van der Waals surface area contributed by atoms with Crippen LogP contribution in [-0.2, 0) is 14.2 Å². The zero-order chi connectivity index (χ0) is 26.4. The number of ether oxygens (including phenoxy) is 3. The van der Waals surface area contributed by atoms with Gasteiger partial charge >= 0.3 is 5.97 Å². The lowest BCUT2D eigenvalue weighted by Crippen LogP contribution is -2.36. The summed E-state index contributed by atoms with van der Waals surface area (Å²) in [5.41, 5.74) is 3.98. The number of aromatic nitrogens is 1. The number of hydrogen-bond donors (Lipinski definition) is 2. The van der Waals surface area contributed by atoms with Crippen molar-refractivity contribution in [2.24, 2.45) is 0 Å². The molecule has 37 heavy (non-hydrogen) atoms. The van der Waals surface area contributed by atoms with Crippen LogP contribution in [0.2, 0.25) is 0 Å². The highest BCUT2D eigenvalue weighted by Crippen LogP contribution is 2.33. The monoisotopic (exact) mass is 502 g/mol. The minimum Gasteiger partial charge on any atom is -0.475 e. The Bertz CT molecular complexity index is 1220. The molecule has 0 spiro atoms. The molecule has 1 fully saturated rings. The van der Waals surface area contributed by atoms with E-state index in [0.29, 0.717) is 30.2 Å². The van der Waals surface area contributed by atoms with Crippen LogP contribution in [0.1, 0.15) is 43.7 Å². The summed E-state index contributed by atoms with van der Waals surface area (Å²) in [7, 11) is 0. The minimum absolute atomic E-state index is 0.0306. The van der Waals surface area contributed by atoms with Crippen molar-refractivity contribution in [1.29, 1.82) is 5.41 Å². The fraction of sp³-hybridized carbons (Fsp3) is 0.345. The second-order valence-corrected chi connectivity index (χ2v) is 9.37. The molecule has 4 rings (SSSR count). The molecule has 8 nitrogen and oxygen atoms in total. The molecule has 0 saturated carbocycles. The van der Waals surface area contributed by atoms with E-state index in [-0.39, 0.29) is 23.8 Å². The summed E-state index contributed by atoms with van der Waals surface area (Å²) in [5.74, 6) is -0.209. The molecule has 3 aromatic rings. The summed E-state index contributed by atoms with van der Waals surface area (Å²) in [4.78, 5) is 19.8. The molecule has 0 unspecified atom stereocenters. The zero-order valence-corrected chi connectivity index (χ0v) is 21.8. The summed E-state index contributed by atoms with van der Waals surface area (Å²) >= 11 is 0. The summed E-state index contributed by atoms with van der Waals surface area (Å²) in [6.45, 7) is 10.4. The van der Waals surface area contributed by atoms with Gasteiger partial charge in [0.1, 0.15) is 5.82 Å². The predicted octanol–water partition coefficient (Wildman–Crippen LogP) is 5.64. The van der Waals surface area contributed by atoms with E-state index in [2.05, 4.69) is 15.2 Å². The quantitative estimate of drug-likeness (QED) is 0.234. The second-order valence-electron chi connectivity index (χ2n) is 9.37. The van der Waals surface area contributed by atoms with Crippen molar-refractivity contribution in [3.63, 3.8) is 0 Å². The maximum atomic E-state index is 12.9. The number of hydrogen-bond acceptors (Lipinski definition) is 8. The van der Waals surface area contributed by atoms with Gasteiger partial charge in [-0.3, -0.25) is 5.41 Å². The smallest absolute Gasteiger partial charge is 0.357 e. The van der Waals surface area contributed by atoms with Crippen LogP contribution in [0.15, 0.2) is 60.7 Å². The van der Waals surface area contributed by atoms with Crippen molar-refractivity contribution in [3.05, 3.63) is 71.9 Å². The zero-order valence-electron chi connectivity index (χ0n) is 21.8. The van der Waals surface area contributed by atoms with E-state index in [1.807, 2.05) is 68.4 Å². The van der Waals surface area contributed by atoms with Crippen LogP contribution in [0, 0.1) is 5.41 Å². The van der Waals surface area contributed by atoms with Crippen molar-refractivity contribution in [3.8, 4) is 11.1 Å². The highest BCUT2D eigenvalue weighted by atomic mass is 16.5. The molecule has 0 amide bonds. The molecule has 0 bridgehead atoms. The van der Waals surface area contributed by atoms with Gasteiger partial charge in [-0.15, -0.1) is 0 Å². The first-order valence-corrected chi connectivity index (χ1v) is 12.6. The van der Waals surface area contributed by atoms with Crippen LogP contribution in [0.25, 0.3) is 11.1 Å². The van der Waals surface area contributed by atoms with E-state index >= 15 is 0 Å². The molecule has 0 aliphatic carbocycles. The Morgan fingerprint density at radius 1 is 0.973 bits per heavy atom. The van der Waals surface area contributed by atoms with E-state index in [1.165, 1.54) is 0 Å². The van der Waals surface area contributed by atoms with Gasteiger partial charge in [0.15, 0.2) is 5.69 Å². The Hall–Kier alpha value is -3.91. The van der Waals surface area contributed by atoms with Gasteiger partial charge in [0, 0.05) is 30.0 Å². The minimum atomic E-state index is -0.528. The molecular weight excluding hydrogens is 468 g/mol. The topological polar surface area (TPSA) is 96.8 Å². The van der Waals surface area contributed by atoms with Gasteiger partial charge in [-0.2, -0.15) is 0 Å². The maximum absolute atomic E-state index is 12.9. The number of anilines is 3. The first kappa shape index (κ1) is 26.2. The lowest BCUT2D eigenvalue weighted by atomic mass is 9.98. The van der Waals surface area contributed by atoms with Crippen LogP contribution in [0.5, 0.6) is 0 Å². The average molecular weight is 503 g/mol. The van der Waals surface area contributed by atoms with E-state index in [4.69, 9.17) is 19.6 Å². The number of esters is 1. The molecule has 194 valence electrons. The number of pyridine rings is 1. The Morgan fingerprint density at radius 3 is 2.24 bits per heavy atom. The van der Waals surface area contributed by atoms with Crippen molar-refractivity contribution in [2.45, 2.75) is 39.9 Å². The molecule has 1 aromatic heterocycles. The van der Waals surface area contributed by atoms with E-state index in [9.17, 15) is 4.79 Å². The van der Waals surface area contributed by atoms with Gasteiger partial charge in [-0.25, -0.2) is 9.78 Å². The van der Waals surface area contributed by atoms with E-state index < -0.39 is 5.97 Å². The third-order valence-electron chi connectivity index (χ3n) is 5.74. The highest BCUT2D eigenvalue weighted by Gasteiger charge is 2.24. The fourth-order valence-corrected chi connectivity index (χ4v) is 4.10. The van der Waals surface area contributed by atoms with Gasteiger partial charge in [0.2, 0.25) is 5.90 Å². The van der Waals surface area contributed by atoms with Crippen molar-refractivity contribution in [2.75, 3.05) is 36.5 Å². The Kier molecular flexibility index (Phi) is 8.40. The number of morpholine rings is 1. The largest absolute Gasteiger partial charge is 0.475 e. The molecular formula is C29H34N4O4. The molecule has 0 atom stereocenters. The molecule has 0 radical (unpaired) electrons. The first-order valence-electron chi connectivity index (χ1n) is 12.6. The SMILES string of the molecule is CC(C)OC(=N)c1c(-c2ccc(N3CCOCC3)cc2)cc(C(=O)OC(C)C)nc1Nc1ccccc1. The molecule has 2 heterocycles. The third-order valence-corrected chi connectivity index (χ3v) is 5.74. The lowest BCUT2D eigenvalue weighted by Gasteiger charge is -2.29. The number of para-hydroxylation sites is 1. The number of carbonyl (C=O) groups is 1. The second kappa shape index (κ2) is 11.9. The summed E-state index contributed by atoms with van der Waals surface area (Å²) in [5, 5.41) is 12.1. The normalized spacial score (nSPS) is 13.5. The Morgan fingerprint density at radius 2 is 1.62 bits per heavy atom. The summed E-state index contributed by atoms with van der Waals surface area (Å²) < 4.78 is 16.8. The van der Waals surface area contributed by atoms with Gasteiger partial charge in [-0.05, 0) is 63.6 Å². The standard InChI is InChI=1S/C29H34N4O4/c1-19(2)36-27(30)26-24(21-10-12-23(13-11-21)33-14-16-35-17-15-33)18-25(29(34)37-20(3)4)32-28(26)31-22-8-6-5-7-9-22/h5-13,18-20,30H,14-17H2,1-4H3,(H,31,32). The molecule has 1 aliphatic heterocycles. The molecule has 1 saturated heterocycles. The number of benzene rings is 2. The lowest BCUT2D eigenvalue weighted by molar-refractivity contribution is 0.0371. The third kappa shape index (κ3) is 6.65. The maximum Gasteiger partial charge on any atom is 0.357 e. The number of nitrogens with zero attached hydrogens (tertiary/aromatic N) is 2. The number of nitrogens with one attached hydrogen (secondary N) is 2. The van der Waals surface area contributed by atoms with Crippen molar-refractivity contribution >= 4 is 29.1 Å². The number of rotatable bonds is 8. The van der Waals surface area contributed by atoms with Crippen LogP contribution >= 0.6 is 0 Å². The number of carbonyl (C=O) groups excluding carboxylic acids is 1. The molecule has 2 N–H and O–H groups in total. The summed E-state index contributed by atoms with van der Waals surface area (Å²) in [6, 6.07) is 19.3.